The quantitative estimate of drug-likeness (QED) is 0.615. The largest absolute Gasteiger partial charge is 0.491 e. The lowest BCUT2D eigenvalue weighted by Gasteiger charge is -2.17. The van der Waals surface area contributed by atoms with Crippen LogP contribution in [0.2, 0.25) is 0 Å². The van der Waals surface area contributed by atoms with Crippen molar-refractivity contribution in [2.75, 3.05) is 25.6 Å². The Hall–Kier alpha value is -1.26. The van der Waals surface area contributed by atoms with Crippen molar-refractivity contribution in [3.8, 4) is 5.75 Å². The minimum Gasteiger partial charge on any atom is -0.491 e. The van der Waals surface area contributed by atoms with Gasteiger partial charge in [-0.1, -0.05) is 33.1 Å². The molecule has 0 aliphatic rings. The predicted octanol–water partition coefficient (Wildman–Crippen LogP) is 3.24. The van der Waals surface area contributed by atoms with Gasteiger partial charge in [-0.05, 0) is 36.6 Å². The Morgan fingerprint density at radius 2 is 1.81 bits per heavy atom. The van der Waals surface area contributed by atoms with Gasteiger partial charge in [0.25, 0.3) is 0 Å². The summed E-state index contributed by atoms with van der Waals surface area (Å²) in [6.45, 7) is 5.65. The van der Waals surface area contributed by atoms with E-state index in [1.165, 1.54) is 19.3 Å². The van der Waals surface area contributed by atoms with Crippen molar-refractivity contribution in [3.63, 3.8) is 0 Å². The molecule has 4 nitrogen and oxygen atoms in total. The number of anilines is 1. The SMILES string of the molecule is CCCCC(CC)COCC(O)COc1ccc(N)cc1. The number of hydrogen-bond donors (Lipinski definition) is 2. The molecule has 2 atom stereocenters. The molecule has 1 aromatic carbocycles. The molecule has 0 saturated carbocycles. The van der Waals surface area contributed by atoms with E-state index < -0.39 is 6.10 Å². The van der Waals surface area contributed by atoms with Gasteiger partial charge in [-0.2, -0.15) is 0 Å². The number of hydrogen-bond acceptors (Lipinski definition) is 4. The summed E-state index contributed by atoms with van der Waals surface area (Å²) in [5.41, 5.74) is 6.30. The molecule has 0 saturated heterocycles. The second-order valence-electron chi connectivity index (χ2n) is 5.49. The molecule has 4 heteroatoms. The van der Waals surface area contributed by atoms with Gasteiger partial charge < -0.3 is 20.3 Å². The summed E-state index contributed by atoms with van der Waals surface area (Å²) < 4.78 is 11.1. The number of unbranched alkanes of at least 4 members (excludes halogenated alkanes) is 1. The third-order valence-corrected chi connectivity index (χ3v) is 3.53. The molecule has 0 aromatic heterocycles. The van der Waals surface area contributed by atoms with Crippen molar-refractivity contribution in [2.24, 2.45) is 5.92 Å². The highest BCUT2D eigenvalue weighted by Gasteiger charge is 2.09. The highest BCUT2D eigenvalue weighted by molar-refractivity contribution is 5.41. The minimum absolute atomic E-state index is 0.232. The van der Waals surface area contributed by atoms with E-state index >= 15 is 0 Å². The van der Waals surface area contributed by atoms with Crippen LogP contribution in [0, 0.1) is 5.92 Å². The zero-order chi connectivity index (χ0) is 15.5. The van der Waals surface area contributed by atoms with E-state index in [0.29, 0.717) is 24.0 Å². The third kappa shape index (κ3) is 7.93. The Morgan fingerprint density at radius 3 is 2.43 bits per heavy atom. The number of nitrogens with two attached hydrogens (primary N) is 1. The van der Waals surface area contributed by atoms with Crippen molar-refractivity contribution < 1.29 is 14.6 Å². The first-order valence-corrected chi connectivity index (χ1v) is 7.89. The van der Waals surface area contributed by atoms with Crippen LogP contribution in [0.15, 0.2) is 24.3 Å². The van der Waals surface area contributed by atoms with Crippen LogP contribution in [0.1, 0.15) is 39.5 Å². The molecule has 0 spiro atoms. The number of nitrogen functional groups attached to an aromatic ring is 1. The molecule has 1 aromatic rings. The summed E-state index contributed by atoms with van der Waals surface area (Å²) in [7, 11) is 0. The topological polar surface area (TPSA) is 64.7 Å². The van der Waals surface area contributed by atoms with E-state index in [0.717, 1.165) is 13.0 Å². The first-order chi connectivity index (χ1) is 10.2. The van der Waals surface area contributed by atoms with Crippen LogP contribution in [-0.2, 0) is 4.74 Å². The Morgan fingerprint density at radius 1 is 1.10 bits per heavy atom. The molecule has 0 bridgehead atoms. The maximum absolute atomic E-state index is 9.85. The van der Waals surface area contributed by atoms with Gasteiger partial charge in [0.15, 0.2) is 0 Å². The van der Waals surface area contributed by atoms with Crippen molar-refractivity contribution in [2.45, 2.75) is 45.6 Å². The fraction of sp³-hybridized carbons (Fsp3) is 0.647. The average Bonchev–Trinajstić information content (AvgIpc) is 2.50. The fourth-order valence-electron chi connectivity index (χ4n) is 2.07. The smallest absolute Gasteiger partial charge is 0.119 e. The van der Waals surface area contributed by atoms with Gasteiger partial charge in [0, 0.05) is 12.3 Å². The van der Waals surface area contributed by atoms with Crippen LogP contribution >= 0.6 is 0 Å². The maximum atomic E-state index is 9.85. The van der Waals surface area contributed by atoms with Crippen LogP contribution < -0.4 is 10.5 Å². The normalized spacial score (nSPS) is 13.9. The second kappa shape index (κ2) is 10.5. The molecule has 0 fully saturated rings. The lowest BCUT2D eigenvalue weighted by atomic mass is 10.0. The molecule has 0 aliphatic heterocycles. The Kier molecular flexibility index (Phi) is 8.87. The molecule has 2 unspecified atom stereocenters. The first-order valence-electron chi connectivity index (χ1n) is 7.89. The highest BCUT2D eigenvalue weighted by Crippen LogP contribution is 2.14. The zero-order valence-corrected chi connectivity index (χ0v) is 13.3. The molecule has 0 heterocycles. The van der Waals surface area contributed by atoms with Gasteiger partial charge in [-0.3, -0.25) is 0 Å². The van der Waals surface area contributed by atoms with Crippen LogP contribution in [0.25, 0.3) is 0 Å². The number of ether oxygens (including phenoxy) is 2. The summed E-state index contributed by atoms with van der Waals surface area (Å²) in [6.07, 6.45) is 4.17. The molecule has 0 amide bonds. The van der Waals surface area contributed by atoms with Crippen LogP contribution in [0.5, 0.6) is 5.75 Å². The molecule has 0 radical (unpaired) electrons. The maximum Gasteiger partial charge on any atom is 0.119 e. The van der Waals surface area contributed by atoms with Gasteiger partial charge in [0.2, 0.25) is 0 Å². The van der Waals surface area contributed by atoms with Gasteiger partial charge in [-0.15, -0.1) is 0 Å². The van der Waals surface area contributed by atoms with E-state index in [2.05, 4.69) is 13.8 Å². The second-order valence-corrected chi connectivity index (χ2v) is 5.49. The number of rotatable bonds is 11. The van der Waals surface area contributed by atoms with Crippen LogP contribution in [0.3, 0.4) is 0 Å². The Labute approximate surface area is 128 Å². The van der Waals surface area contributed by atoms with Gasteiger partial charge in [-0.25, -0.2) is 0 Å². The average molecular weight is 295 g/mol. The van der Waals surface area contributed by atoms with Gasteiger partial charge >= 0.3 is 0 Å². The molecule has 120 valence electrons. The summed E-state index contributed by atoms with van der Waals surface area (Å²) in [6, 6.07) is 7.14. The van der Waals surface area contributed by atoms with Crippen LogP contribution in [0.4, 0.5) is 5.69 Å². The summed E-state index contributed by atoms with van der Waals surface area (Å²) in [5.74, 6) is 1.30. The highest BCUT2D eigenvalue weighted by atomic mass is 16.5. The molecular weight excluding hydrogens is 266 g/mol. The van der Waals surface area contributed by atoms with Crippen molar-refractivity contribution in [3.05, 3.63) is 24.3 Å². The monoisotopic (exact) mass is 295 g/mol. The van der Waals surface area contributed by atoms with Crippen LogP contribution in [-0.4, -0.2) is 31.0 Å². The van der Waals surface area contributed by atoms with Gasteiger partial charge in [0.1, 0.15) is 18.5 Å². The Bertz CT molecular complexity index is 367. The summed E-state index contributed by atoms with van der Waals surface area (Å²) in [5, 5.41) is 9.85. The van der Waals surface area contributed by atoms with Crippen molar-refractivity contribution >= 4 is 5.69 Å². The third-order valence-electron chi connectivity index (χ3n) is 3.53. The minimum atomic E-state index is -0.605. The molecule has 0 aliphatic carbocycles. The number of aliphatic hydroxyl groups is 1. The lowest BCUT2D eigenvalue weighted by Crippen LogP contribution is -2.25. The zero-order valence-electron chi connectivity index (χ0n) is 13.3. The van der Waals surface area contributed by atoms with E-state index in [-0.39, 0.29) is 6.61 Å². The van der Waals surface area contributed by atoms with E-state index in [1.54, 1.807) is 24.3 Å². The Balaban J connectivity index is 2.15. The lowest BCUT2D eigenvalue weighted by molar-refractivity contribution is -0.00108. The molecule has 3 N–H and O–H groups in total. The van der Waals surface area contributed by atoms with E-state index in [9.17, 15) is 5.11 Å². The molecule has 21 heavy (non-hydrogen) atoms. The number of benzene rings is 1. The summed E-state index contributed by atoms with van der Waals surface area (Å²) in [4.78, 5) is 0. The van der Waals surface area contributed by atoms with E-state index in [1.807, 2.05) is 0 Å². The first kappa shape index (κ1) is 17.8. The van der Waals surface area contributed by atoms with Gasteiger partial charge in [0.05, 0.1) is 6.61 Å². The van der Waals surface area contributed by atoms with E-state index in [4.69, 9.17) is 15.2 Å². The molecular formula is C17H29NO3. The number of aliphatic hydroxyl groups excluding tert-OH is 1. The molecule has 1 rings (SSSR count). The standard InChI is InChI=1S/C17H29NO3/c1-3-5-6-14(4-2)11-20-12-16(19)13-21-17-9-7-15(18)8-10-17/h7-10,14,16,19H,3-6,11-13,18H2,1-2H3. The van der Waals surface area contributed by atoms with Crippen molar-refractivity contribution in [1.29, 1.82) is 0 Å². The summed E-state index contributed by atoms with van der Waals surface area (Å²) >= 11 is 0. The fourth-order valence-corrected chi connectivity index (χ4v) is 2.07. The predicted molar refractivity (Wildman–Crippen MR) is 86.5 cm³/mol. The van der Waals surface area contributed by atoms with Crippen molar-refractivity contribution in [1.82, 2.24) is 0 Å².